The lowest BCUT2D eigenvalue weighted by atomic mass is 10.1. The summed E-state index contributed by atoms with van der Waals surface area (Å²) < 4.78 is 0.823. The van der Waals surface area contributed by atoms with E-state index in [9.17, 15) is 9.59 Å². The van der Waals surface area contributed by atoms with Gasteiger partial charge in [0.15, 0.2) is 0 Å². The number of thioether (sulfide) groups is 1. The highest BCUT2D eigenvalue weighted by Gasteiger charge is 2.30. The Kier molecular flexibility index (Phi) is 5.57. The van der Waals surface area contributed by atoms with E-state index in [0.29, 0.717) is 22.9 Å². The van der Waals surface area contributed by atoms with Crippen molar-refractivity contribution in [2.75, 3.05) is 18.1 Å². The Morgan fingerprint density at radius 2 is 2.25 bits per heavy atom. The van der Waals surface area contributed by atoms with Gasteiger partial charge in [-0.05, 0) is 40.8 Å². The van der Waals surface area contributed by atoms with Gasteiger partial charge in [0, 0.05) is 26.6 Å². The molecule has 1 unspecified atom stereocenters. The van der Waals surface area contributed by atoms with Gasteiger partial charge in [0.25, 0.3) is 5.91 Å². The molecule has 1 aliphatic rings. The van der Waals surface area contributed by atoms with Gasteiger partial charge in [-0.2, -0.15) is 11.8 Å². The highest BCUT2D eigenvalue weighted by Crippen LogP contribution is 2.25. The SMILES string of the molecule is O=C(O)CC1CSCCN1C(=O)c1cc(Cl)ccc1I. The average Bonchev–Trinajstić information content (AvgIpc) is 2.41. The number of nitrogens with zero attached hydrogens (tertiary/aromatic N) is 1. The molecule has 1 saturated heterocycles. The van der Waals surface area contributed by atoms with Crippen LogP contribution in [-0.4, -0.2) is 46.0 Å². The summed E-state index contributed by atoms with van der Waals surface area (Å²) in [5, 5.41) is 9.47. The number of carboxylic acids is 1. The van der Waals surface area contributed by atoms with E-state index < -0.39 is 5.97 Å². The Hall–Kier alpha value is -0.470. The van der Waals surface area contributed by atoms with Crippen molar-refractivity contribution in [3.63, 3.8) is 0 Å². The fraction of sp³-hybridized carbons (Fsp3) is 0.385. The second kappa shape index (κ2) is 7.00. The van der Waals surface area contributed by atoms with E-state index in [2.05, 4.69) is 22.6 Å². The number of hydrogen-bond donors (Lipinski definition) is 1. The molecule has 1 atom stereocenters. The minimum atomic E-state index is -0.879. The molecule has 0 radical (unpaired) electrons. The first kappa shape index (κ1) is 15.9. The number of carbonyl (C=O) groups excluding carboxylic acids is 1. The summed E-state index contributed by atoms with van der Waals surface area (Å²) in [6, 6.07) is 4.92. The van der Waals surface area contributed by atoms with Crippen LogP contribution in [0.1, 0.15) is 16.8 Å². The van der Waals surface area contributed by atoms with Gasteiger partial charge < -0.3 is 10.0 Å². The van der Waals surface area contributed by atoms with Crippen LogP contribution in [0.25, 0.3) is 0 Å². The molecule has 4 nitrogen and oxygen atoms in total. The van der Waals surface area contributed by atoms with Crippen molar-refractivity contribution in [3.8, 4) is 0 Å². The van der Waals surface area contributed by atoms with Crippen molar-refractivity contribution in [3.05, 3.63) is 32.4 Å². The summed E-state index contributed by atoms with van der Waals surface area (Å²) >= 11 is 9.73. The molecule has 1 aliphatic heterocycles. The average molecular weight is 426 g/mol. The summed E-state index contributed by atoms with van der Waals surface area (Å²) in [7, 11) is 0. The summed E-state index contributed by atoms with van der Waals surface area (Å²) in [5.74, 6) is 0.480. The first-order chi connectivity index (χ1) is 9.49. The maximum absolute atomic E-state index is 12.6. The van der Waals surface area contributed by atoms with Crippen molar-refractivity contribution >= 4 is 57.8 Å². The molecule has 2 rings (SSSR count). The normalized spacial score (nSPS) is 18.9. The molecule has 1 fully saturated rings. The van der Waals surface area contributed by atoms with Crippen molar-refractivity contribution in [1.82, 2.24) is 4.90 Å². The van der Waals surface area contributed by atoms with Gasteiger partial charge in [-0.15, -0.1) is 0 Å². The maximum atomic E-state index is 12.6. The van der Waals surface area contributed by atoms with Crippen LogP contribution in [0.2, 0.25) is 5.02 Å². The van der Waals surface area contributed by atoms with Gasteiger partial charge in [0.1, 0.15) is 0 Å². The number of hydrogen-bond acceptors (Lipinski definition) is 3. The number of amides is 1. The van der Waals surface area contributed by atoms with Crippen LogP contribution in [0.15, 0.2) is 18.2 Å². The molecule has 0 bridgehead atoms. The summed E-state index contributed by atoms with van der Waals surface area (Å²) in [6.07, 6.45) is -0.0180. The third-order valence-corrected chi connectivity index (χ3v) is 5.32. The zero-order chi connectivity index (χ0) is 14.7. The van der Waals surface area contributed by atoms with E-state index in [4.69, 9.17) is 16.7 Å². The predicted octanol–water partition coefficient (Wildman–Crippen LogP) is 2.98. The number of benzene rings is 1. The molecule has 0 spiro atoms. The molecule has 1 aromatic carbocycles. The Bertz CT molecular complexity index is 540. The van der Waals surface area contributed by atoms with Crippen molar-refractivity contribution in [1.29, 1.82) is 0 Å². The Balaban J connectivity index is 2.25. The molecule has 1 amide bonds. The lowest BCUT2D eigenvalue weighted by Gasteiger charge is -2.35. The molecule has 0 aliphatic carbocycles. The minimum Gasteiger partial charge on any atom is -0.481 e. The van der Waals surface area contributed by atoms with E-state index in [-0.39, 0.29) is 18.4 Å². The number of rotatable bonds is 3. The van der Waals surface area contributed by atoms with Crippen LogP contribution in [0, 0.1) is 3.57 Å². The number of carboxylic acid groups (broad SMARTS) is 1. The molecular weight excluding hydrogens is 413 g/mol. The fourth-order valence-corrected chi connectivity index (χ4v) is 3.91. The Morgan fingerprint density at radius 3 is 2.95 bits per heavy atom. The molecule has 1 heterocycles. The van der Waals surface area contributed by atoms with Gasteiger partial charge in [-0.3, -0.25) is 9.59 Å². The fourth-order valence-electron chi connectivity index (χ4n) is 2.11. The Labute approximate surface area is 140 Å². The van der Waals surface area contributed by atoms with Crippen LogP contribution in [-0.2, 0) is 4.79 Å². The summed E-state index contributed by atoms with van der Waals surface area (Å²) in [4.78, 5) is 25.2. The van der Waals surface area contributed by atoms with E-state index in [0.717, 1.165) is 9.32 Å². The lowest BCUT2D eigenvalue weighted by Crippen LogP contribution is -2.47. The molecule has 108 valence electrons. The topological polar surface area (TPSA) is 57.6 Å². The highest BCUT2D eigenvalue weighted by molar-refractivity contribution is 14.1. The minimum absolute atomic E-state index is 0.0180. The second-order valence-electron chi connectivity index (χ2n) is 4.45. The standard InChI is InChI=1S/C13H13ClINO3S/c14-8-1-2-11(15)10(5-8)13(19)16-3-4-20-7-9(16)6-12(17)18/h1-2,5,9H,3-4,6-7H2,(H,17,18). The summed E-state index contributed by atoms with van der Waals surface area (Å²) in [6.45, 7) is 0.573. The largest absolute Gasteiger partial charge is 0.481 e. The lowest BCUT2D eigenvalue weighted by molar-refractivity contribution is -0.138. The van der Waals surface area contributed by atoms with E-state index in [1.165, 1.54) is 0 Å². The third-order valence-electron chi connectivity index (χ3n) is 3.06. The number of carbonyl (C=O) groups is 2. The van der Waals surface area contributed by atoms with Crippen LogP contribution >= 0.6 is 46.0 Å². The molecular formula is C13H13ClINO3S. The van der Waals surface area contributed by atoms with Gasteiger partial charge in [-0.25, -0.2) is 0 Å². The smallest absolute Gasteiger partial charge is 0.305 e. The second-order valence-corrected chi connectivity index (χ2v) is 7.20. The van der Waals surface area contributed by atoms with Crippen molar-refractivity contribution in [2.45, 2.75) is 12.5 Å². The molecule has 1 aromatic rings. The highest BCUT2D eigenvalue weighted by atomic mass is 127. The van der Waals surface area contributed by atoms with Crippen molar-refractivity contribution in [2.24, 2.45) is 0 Å². The third kappa shape index (κ3) is 3.79. The molecule has 1 N–H and O–H groups in total. The number of halogens is 2. The number of aliphatic carboxylic acids is 1. The summed E-state index contributed by atoms with van der Waals surface area (Å²) in [5.41, 5.74) is 0.542. The van der Waals surface area contributed by atoms with Crippen LogP contribution in [0.4, 0.5) is 0 Å². The van der Waals surface area contributed by atoms with Crippen molar-refractivity contribution < 1.29 is 14.7 Å². The van der Waals surface area contributed by atoms with Gasteiger partial charge in [-0.1, -0.05) is 11.6 Å². The maximum Gasteiger partial charge on any atom is 0.305 e. The van der Waals surface area contributed by atoms with Gasteiger partial charge >= 0.3 is 5.97 Å². The van der Waals surface area contributed by atoms with E-state index >= 15 is 0 Å². The molecule has 7 heteroatoms. The molecule has 20 heavy (non-hydrogen) atoms. The first-order valence-electron chi connectivity index (χ1n) is 6.04. The Morgan fingerprint density at radius 1 is 1.50 bits per heavy atom. The van der Waals surface area contributed by atoms with Gasteiger partial charge in [0.05, 0.1) is 18.0 Å². The van der Waals surface area contributed by atoms with E-state index in [1.807, 2.05) is 0 Å². The van der Waals surface area contributed by atoms with Gasteiger partial charge in [0.2, 0.25) is 0 Å². The zero-order valence-electron chi connectivity index (χ0n) is 10.5. The zero-order valence-corrected chi connectivity index (χ0v) is 14.2. The van der Waals surface area contributed by atoms with Crippen LogP contribution in [0.3, 0.4) is 0 Å². The first-order valence-corrected chi connectivity index (χ1v) is 8.65. The van der Waals surface area contributed by atoms with Crippen LogP contribution in [0.5, 0.6) is 0 Å². The van der Waals surface area contributed by atoms with Crippen LogP contribution < -0.4 is 0 Å². The van der Waals surface area contributed by atoms with E-state index in [1.54, 1.807) is 34.9 Å². The molecule has 0 aromatic heterocycles. The molecule has 0 saturated carbocycles. The predicted molar refractivity (Wildman–Crippen MR) is 88.6 cm³/mol. The quantitative estimate of drug-likeness (QED) is 0.757. The monoisotopic (exact) mass is 425 g/mol.